The monoisotopic (exact) mass is 221 g/mol. The molecule has 0 aliphatic heterocycles. The molecule has 0 amide bonds. The summed E-state index contributed by atoms with van der Waals surface area (Å²) in [4.78, 5) is 25.5. The normalized spacial score (nSPS) is 10.1. The van der Waals surface area contributed by atoms with Crippen LogP contribution in [0.5, 0.6) is 0 Å². The Kier molecular flexibility index (Phi) is 2.39. The molecule has 15 heavy (non-hydrogen) atoms. The molecule has 0 bridgehead atoms. The fourth-order valence-corrected chi connectivity index (χ4v) is 1.92. The Morgan fingerprint density at radius 1 is 1.40 bits per heavy atom. The van der Waals surface area contributed by atoms with Gasteiger partial charge in [0.05, 0.1) is 10.6 Å². The average molecular weight is 221 g/mol. The zero-order valence-corrected chi connectivity index (χ0v) is 8.38. The van der Waals surface area contributed by atoms with Crippen molar-refractivity contribution in [3.8, 4) is 10.6 Å². The molecule has 5 heteroatoms. The van der Waals surface area contributed by atoms with Crippen molar-refractivity contribution in [2.24, 2.45) is 0 Å². The second kappa shape index (κ2) is 3.70. The van der Waals surface area contributed by atoms with Crippen LogP contribution in [-0.4, -0.2) is 16.1 Å². The average Bonchev–Trinajstić information content (AvgIpc) is 2.69. The minimum Gasteiger partial charge on any atom is -0.477 e. The molecule has 76 valence electrons. The number of H-pyrrole nitrogens is 1. The van der Waals surface area contributed by atoms with E-state index in [1.165, 1.54) is 17.4 Å². The van der Waals surface area contributed by atoms with Crippen LogP contribution in [-0.2, 0) is 0 Å². The first-order chi connectivity index (χ1) is 7.16. The Morgan fingerprint density at radius 3 is 2.80 bits per heavy atom. The molecular formula is C10H7NO3S. The minimum absolute atomic E-state index is 0.0918. The Hall–Kier alpha value is -1.88. The molecule has 2 heterocycles. The van der Waals surface area contributed by atoms with Gasteiger partial charge in [-0.25, -0.2) is 4.79 Å². The number of carbonyl (C=O) groups is 1. The van der Waals surface area contributed by atoms with Gasteiger partial charge in [0.25, 0.3) is 0 Å². The zero-order chi connectivity index (χ0) is 10.8. The highest BCUT2D eigenvalue weighted by Gasteiger charge is 2.07. The Morgan fingerprint density at radius 2 is 2.20 bits per heavy atom. The second-order valence-corrected chi connectivity index (χ2v) is 3.87. The standard InChI is InChI=1S/C10H7NO3S/c12-6-4-7(9-2-1-3-15-9)11-8(5-6)10(13)14/h1-5H,(H,11,12)(H,13,14). The number of carboxylic acids is 1. The van der Waals surface area contributed by atoms with E-state index >= 15 is 0 Å². The number of pyridine rings is 1. The van der Waals surface area contributed by atoms with Crippen LogP contribution < -0.4 is 5.43 Å². The first kappa shape index (κ1) is 9.67. The van der Waals surface area contributed by atoms with Gasteiger partial charge in [-0.15, -0.1) is 11.3 Å². The van der Waals surface area contributed by atoms with Crippen molar-refractivity contribution in [3.63, 3.8) is 0 Å². The summed E-state index contributed by atoms with van der Waals surface area (Å²) in [6.45, 7) is 0. The van der Waals surface area contributed by atoms with Crippen molar-refractivity contribution in [1.29, 1.82) is 0 Å². The number of thiophene rings is 1. The van der Waals surface area contributed by atoms with Crippen molar-refractivity contribution in [2.45, 2.75) is 0 Å². The summed E-state index contributed by atoms with van der Waals surface area (Å²) in [5, 5.41) is 10.6. The molecular weight excluding hydrogens is 214 g/mol. The molecule has 0 saturated carbocycles. The predicted octanol–water partition coefficient (Wildman–Crippen LogP) is 1.80. The molecule has 2 aromatic rings. The van der Waals surface area contributed by atoms with Crippen LogP contribution in [0.2, 0.25) is 0 Å². The predicted molar refractivity (Wildman–Crippen MR) is 57.3 cm³/mol. The van der Waals surface area contributed by atoms with E-state index in [1.54, 1.807) is 0 Å². The lowest BCUT2D eigenvalue weighted by Gasteiger charge is -1.99. The number of aromatic carboxylic acids is 1. The van der Waals surface area contributed by atoms with E-state index in [-0.39, 0.29) is 11.1 Å². The zero-order valence-electron chi connectivity index (χ0n) is 7.56. The van der Waals surface area contributed by atoms with Crippen LogP contribution in [0, 0.1) is 0 Å². The van der Waals surface area contributed by atoms with E-state index in [4.69, 9.17) is 5.11 Å². The lowest BCUT2D eigenvalue weighted by Crippen LogP contribution is -2.08. The van der Waals surface area contributed by atoms with Gasteiger partial charge in [0.2, 0.25) is 0 Å². The van der Waals surface area contributed by atoms with Crippen molar-refractivity contribution in [2.75, 3.05) is 0 Å². The summed E-state index contributed by atoms with van der Waals surface area (Å²) < 4.78 is 0. The quantitative estimate of drug-likeness (QED) is 0.812. The summed E-state index contributed by atoms with van der Waals surface area (Å²) in [6, 6.07) is 6.12. The topological polar surface area (TPSA) is 70.2 Å². The maximum Gasteiger partial charge on any atom is 0.352 e. The van der Waals surface area contributed by atoms with E-state index in [0.29, 0.717) is 5.69 Å². The SMILES string of the molecule is O=C(O)c1cc(=O)cc(-c2cccs2)[nH]1. The van der Waals surface area contributed by atoms with E-state index < -0.39 is 5.97 Å². The molecule has 0 aromatic carbocycles. The third-order valence-corrected chi connectivity index (χ3v) is 2.76. The molecule has 2 aromatic heterocycles. The number of hydrogen-bond acceptors (Lipinski definition) is 3. The van der Waals surface area contributed by atoms with Crippen molar-refractivity contribution >= 4 is 17.3 Å². The highest BCUT2D eigenvalue weighted by Crippen LogP contribution is 2.21. The molecule has 0 fully saturated rings. The molecule has 0 aliphatic carbocycles. The van der Waals surface area contributed by atoms with E-state index in [1.807, 2.05) is 17.5 Å². The van der Waals surface area contributed by atoms with E-state index in [2.05, 4.69) is 4.98 Å². The molecule has 0 aliphatic rings. The van der Waals surface area contributed by atoms with Crippen molar-refractivity contribution in [3.05, 3.63) is 45.6 Å². The molecule has 0 spiro atoms. The Bertz CT molecular complexity index is 542. The molecule has 0 unspecified atom stereocenters. The number of nitrogens with one attached hydrogen (secondary N) is 1. The summed E-state index contributed by atoms with van der Waals surface area (Å²) in [5.74, 6) is -1.13. The van der Waals surface area contributed by atoms with Gasteiger partial charge in [0.1, 0.15) is 5.69 Å². The van der Waals surface area contributed by atoms with Crippen LogP contribution in [0.4, 0.5) is 0 Å². The third-order valence-electron chi connectivity index (χ3n) is 1.86. The molecule has 0 radical (unpaired) electrons. The van der Waals surface area contributed by atoms with Gasteiger partial charge in [0.15, 0.2) is 5.43 Å². The summed E-state index contributed by atoms with van der Waals surface area (Å²) in [6.07, 6.45) is 0. The van der Waals surface area contributed by atoms with Crippen molar-refractivity contribution in [1.82, 2.24) is 4.98 Å². The molecule has 0 atom stereocenters. The first-order valence-corrected chi connectivity index (χ1v) is 5.06. The van der Waals surface area contributed by atoms with Crippen molar-refractivity contribution < 1.29 is 9.90 Å². The molecule has 2 N–H and O–H groups in total. The van der Waals surface area contributed by atoms with Crippen LogP contribution in [0.15, 0.2) is 34.4 Å². The highest BCUT2D eigenvalue weighted by atomic mass is 32.1. The van der Waals surface area contributed by atoms with Gasteiger partial charge in [-0.3, -0.25) is 4.79 Å². The lowest BCUT2D eigenvalue weighted by atomic mass is 10.2. The fourth-order valence-electron chi connectivity index (χ4n) is 1.22. The first-order valence-electron chi connectivity index (χ1n) is 4.18. The summed E-state index contributed by atoms with van der Waals surface area (Å²) in [7, 11) is 0. The third kappa shape index (κ3) is 1.97. The van der Waals surface area contributed by atoms with Gasteiger partial charge in [-0.05, 0) is 11.4 Å². The van der Waals surface area contributed by atoms with Crippen LogP contribution >= 0.6 is 11.3 Å². The largest absolute Gasteiger partial charge is 0.477 e. The van der Waals surface area contributed by atoms with E-state index in [0.717, 1.165) is 10.9 Å². The number of hydrogen-bond donors (Lipinski definition) is 2. The molecule has 0 saturated heterocycles. The number of carboxylic acid groups (broad SMARTS) is 1. The minimum atomic E-state index is -1.13. The summed E-state index contributed by atoms with van der Waals surface area (Å²) >= 11 is 1.44. The van der Waals surface area contributed by atoms with E-state index in [9.17, 15) is 9.59 Å². The van der Waals surface area contributed by atoms with Gasteiger partial charge in [-0.2, -0.15) is 0 Å². The smallest absolute Gasteiger partial charge is 0.352 e. The Balaban J connectivity index is 2.59. The molecule has 2 rings (SSSR count). The summed E-state index contributed by atoms with van der Waals surface area (Å²) in [5.41, 5.74) is 0.135. The van der Waals surface area contributed by atoms with Crippen LogP contribution in [0.25, 0.3) is 10.6 Å². The number of aromatic nitrogens is 1. The maximum atomic E-state index is 11.2. The number of rotatable bonds is 2. The molecule has 4 nitrogen and oxygen atoms in total. The lowest BCUT2D eigenvalue weighted by molar-refractivity contribution is 0.0690. The highest BCUT2D eigenvalue weighted by molar-refractivity contribution is 7.13. The van der Waals surface area contributed by atoms with Gasteiger partial charge >= 0.3 is 5.97 Å². The van der Waals surface area contributed by atoms with Crippen LogP contribution in [0.1, 0.15) is 10.5 Å². The van der Waals surface area contributed by atoms with Gasteiger partial charge in [0, 0.05) is 12.1 Å². The van der Waals surface area contributed by atoms with Gasteiger partial charge < -0.3 is 10.1 Å². The van der Waals surface area contributed by atoms with Gasteiger partial charge in [-0.1, -0.05) is 6.07 Å². The second-order valence-electron chi connectivity index (χ2n) is 2.93. The fraction of sp³-hybridized carbons (Fsp3) is 0. The van der Waals surface area contributed by atoms with Crippen LogP contribution in [0.3, 0.4) is 0 Å². The number of aromatic amines is 1. The Labute approximate surface area is 88.8 Å². The maximum absolute atomic E-state index is 11.2.